The van der Waals surface area contributed by atoms with Crippen LogP contribution in [-0.4, -0.2) is 39.6 Å². The number of rotatable bonds is 3. The van der Waals surface area contributed by atoms with E-state index >= 15 is 0 Å². The lowest BCUT2D eigenvalue weighted by Gasteiger charge is -2.29. The summed E-state index contributed by atoms with van der Waals surface area (Å²) >= 11 is 5.79. The lowest BCUT2D eigenvalue weighted by Crippen LogP contribution is -2.40. The second-order valence-electron chi connectivity index (χ2n) is 6.59. The Morgan fingerprint density at radius 1 is 1.27 bits per heavy atom. The summed E-state index contributed by atoms with van der Waals surface area (Å²) in [6.45, 7) is 2.25. The van der Waals surface area contributed by atoms with Crippen molar-refractivity contribution >= 4 is 29.1 Å². The Hall–Kier alpha value is -2.41. The highest BCUT2D eigenvalue weighted by atomic mass is 35.5. The molecule has 0 aliphatic carbocycles. The minimum absolute atomic E-state index is 0.0156. The number of hydrogen-bond acceptors (Lipinski definition) is 3. The van der Waals surface area contributed by atoms with E-state index in [0.717, 1.165) is 17.8 Å². The molecule has 8 heteroatoms. The van der Waals surface area contributed by atoms with Crippen LogP contribution >= 0.6 is 11.6 Å². The fourth-order valence-corrected chi connectivity index (χ4v) is 3.71. The van der Waals surface area contributed by atoms with Crippen LogP contribution in [0.3, 0.4) is 0 Å². The number of carbonyl (C=O) groups excluding carboxylic acids is 2. The molecule has 26 heavy (non-hydrogen) atoms. The Morgan fingerprint density at radius 2 is 2.12 bits per heavy atom. The smallest absolute Gasteiger partial charge is 0.227 e. The fraction of sp³-hybridized carbons (Fsp3) is 0.389. The molecule has 0 radical (unpaired) electrons. The average molecular weight is 377 g/mol. The Bertz CT molecular complexity index is 882. The lowest BCUT2D eigenvalue weighted by molar-refractivity contribution is -0.132. The Morgan fingerprint density at radius 3 is 2.85 bits per heavy atom. The van der Waals surface area contributed by atoms with E-state index in [2.05, 4.69) is 5.10 Å². The van der Waals surface area contributed by atoms with Gasteiger partial charge in [0.2, 0.25) is 11.8 Å². The number of anilines is 1. The Balaban J connectivity index is 1.50. The summed E-state index contributed by atoms with van der Waals surface area (Å²) < 4.78 is 15.1. The van der Waals surface area contributed by atoms with Crippen molar-refractivity contribution in [3.63, 3.8) is 0 Å². The minimum Gasteiger partial charge on any atom is -0.335 e. The van der Waals surface area contributed by atoms with Crippen LogP contribution in [0.5, 0.6) is 0 Å². The molecule has 0 atom stereocenters. The lowest BCUT2D eigenvalue weighted by atomic mass is 10.1. The third-order valence-electron chi connectivity index (χ3n) is 4.91. The van der Waals surface area contributed by atoms with Crippen molar-refractivity contribution in [1.82, 2.24) is 14.7 Å². The molecule has 0 bridgehead atoms. The fourth-order valence-electron chi connectivity index (χ4n) is 3.51. The Kier molecular flexibility index (Phi) is 4.40. The summed E-state index contributed by atoms with van der Waals surface area (Å²) in [4.78, 5) is 28.2. The number of benzene rings is 1. The highest BCUT2D eigenvalue weighted by Crippen LogP contribution is 2.28. The van der Waals surface area contributed by atoms with Gasteiger partial charge in [-0.3, -0.25) is 14.3 Å². The summed E-state index contributed by atoms with van der Waals surface area (Å²) in [5, 5.41) is 4.38. The van der Waals surface area contributed by atoms with Crippen LogP contribution in [0, 0.1) is 5.82 Å². The molecule has 1 fully saturated rings. The summed E-state index contributed by atoms with van der Waals surface area (Å²) in [6, 6.07) is 4.33. The number of halogens is 2. The first kappa shape index (κ1) is 17.0. The van der Waals surface area contributed by atoms with Gasteiger partial charge in [0.25, 0.3) is 0 Å². The SMILES string of the molecule is O=C(Cc1ccc(F)c(Cl)c1)N1CCn2ncc(N3CCCC3=O)c2C1. The molecule has 2 aliphatic heterocycles. The van der Waals surface area contributed by atoms with Crippen molar-refractivity contribution < 1.29 is 14.0 Å². The topological polar surface area (TPSA) is 58.4 Å². The van der Waals surface area contributed by atoms with Gasteiger partial charge in [-0.2, -0.15) is 5.10 Å². The molecule has 0 spiro atoms. The quantitative estimate of drug-likeness (QED) is 0.826. The van der Waals surface area contributed by atoms with E-state index in [-0.39, 0.29) is 23.3 Å². The number of aromatic nitrogens is 2. The molecule has 4 rings (SSSR count). The van der Waals surface area contributed by atoms with Gasteiger partial charge < -0.3 is 9.80 Å². The van der Waals surface area contributed by atoms with Gasteiger partial charge in [0, 0.05) is 19.5 Å². The van der Waals surface area contributed by atoms with Crippen LogP contribution in [0.25, 0.3) is 0 Å². The molecular weight excluding hydrogens is 359 g/mol. The van der Waals surface area contributed by atoms with E-state index in [1.807, 2.05) is 4.68 Å². The molecule has 1 saturated heterocycles. The molecule has 0 saturated carbocycles. The van der Waals surface area contributed by atoms with Crippen LogP contribution in [0.15, 0.2) is 24.4 Å². The van der Waals surface area contributed by atoms with Gasteiger partial charge in [-0.15, -0.1) is 0 Å². The number of nitrogens with zero attached hydrogens (tertiary/aromatic N) is 4. The maximum Gasteiger partial charge on any atom is 0.227 e. The molecule has 0 unspecified atom stereocenters. The third kappa shape index (κ3) is 3.07. The summed E-state index contributed by atoms with van der Waals surface area (Å²) in [5.74, 6) is -0.450. The van der Waals surface area contributed by atoms with Crippen LogP contribution in [0.1, 0.15) is 24.1 Å². The van der Waals surface area contributed by atoms with Crippen LogP contribution in [0.4, 0.5) is 10.1 Å². The standard InChI is InChI=1S/C18H18ClFN4O2/c19-13-8-12(3-4-14(13)20)9-18(26)22-6-7-24-16(11-22)15(10-21-24)23-5-1-2-17(23)25/h3-4,8,10H,1-2,5-7,9,11H2. The molecule has 0 N–H and O–H groups in total. The molecule has 3 heterocycles. The summed E-state index contributed by atoms with van der Waals surface area (Å²) in [7, 11) is 0. The average Bonchev–Trinajstić information content (AvgIpc) is 3.23. The van der Waals surface area contributed by atoms with Crippen LogP contribution < -0.4 is 4.90 Å². The molecule has 2 aliphatic rings. The minimum atomic E-state index is -0.496. The van der Waals surface area contributed by atoms with Crippen LogP contribution in [-0.2, 0) is 29.1 Å². The first-order valence-electron chi connectivity index (χ1n) is 8.59. The van der Waals surface area contributed by atoms with Crippen LogP contribution in [0.2, 0.25) is 5.02 Å². The van der Waals surface area contributed by atoms with E-state index in [0.29, 0.717) is 38.2 Å². The molecule has 2 aromatic rings. The molecular formula is C18H18ClFN4O2. The first-order valence-corrected chi connectivity index (χ1v) is 8.97. The van der Waals surface area contributed by atoms with Crippen molar-refractivity contribution in [2.75, 3.05) is 18.0 Å². The van der Waals surface area contributed by atoms with Gasteiger partial charge in [0.05, 0.1) is 42.1 Å². The van der Waals surface area contributed by atoms with E-state index in [4.69, 9.17) is 11.6 Å². The maximum atomic E-state index is 13.3. The zero-order chi connectivity index (χ0) is 18.3. The zero-order valence-corrected chi connectivity index (χ0v) is 14.9. The predicted molar refractivity (Wildman–Crippen MR) is 94.3 cm³/mol. The molecule has 1 aromatic carbocycles. The second-order valence-corrected chi connectivity index (χ2v) is 7.00. The van der Waals surface area contributed by atoms with Crippen molar-refractivity contribution in [3.8, 4) is 0 Å². The van der Waals surface area contributed by atoms with Gasteiger partial charge in [-0.05, 0) is 24.1 Å². The summed E-state index contributed by atoms with van der Waals surface area (Å²) in [5.41, 5.74) is 2.36. The second kappa shape index (κ2) is 6.72. The van der Waals surface area contributed by atoms with E-state index in [1.54, 1.807) is 22.1 Å². The van der Waals surface area contributed by atoms with Gasteiger partial charge >= 0.3 is 0 Å². The largest absolute Gasteiger partial charge is 0.335 e. The van der Waals surface area contributed by atoms with Gasteiger partial charge in [0.1, 0.15) is 5.82 Å². The van der Waals surface area contributed by atoms with Gasteiger partial charge in [0.15, 0.2) is 0 Å². The van der Waals surface area contributed by atoms with Gasteiger partial charge in [-0.25, -0.2) is 4.39 Å². The van der Waals surface area contributed by atoms with Crippen molar-refractivity contribution in [2.24, 2.45) is 0 Å². The summed E-state index contributed by atoms with van der Waals surface area (Å²) in [6.07, 6.45) is 3.27. The van der Waals surface area contributed by atoms with E-state index in [9.17, 15) is 14.0 Å². The Labute approximate surface area is 155 Å². The molecule has 136 valence electrons. The monoisotopic (exact) mass is 376 g/mol. The molecule has 2 amide bonds. The first-order chi connectivity index (χ1) is 12.5. The number of fused-ring (bicyclic) bond motifs is 1. The maximum absolute atomic E-state index is 13.3. The highest BCUT2D eigenvalue weighted by Gasteiger charge is 2.30. The number of hydrogen-bond donors (Lipinski definition) is 0. The number of amides is 2. The van der Waals surface area contributed by atoms with Crippen molar-refractivity contribution in [1.29, 1.82) is 0 Å². The molecule has 1 aromatic heterocycles. The van der Waals surface area contributed by atoms with Gasteiger partial charge in [-0.1, -0.05) is 17.7 Å². The van der Waals surface area contributed by atoms with E-state index < -0.39 is 5.82 Å². The number of carbonyl (C=O) groups is 2. The van der Waals surface area contributed by atoms with E-state index in [1.165, 1.54) is 12.1 Å². The normalized spacial score (nSPS) is 16.9. The highest BCUT2D eigenvalue weighted by molar-refractivity contribution is 6.30. The molecule has 6 nitrogen and oxygen atoms in total. The third-order valence-corrected chi connectivity index (χ3v) is 5.19. The van der Waals surface area contributed by atoms with Crippen molar-refractivity contribution in [2.45, 2.75) is 32.4 Å². The van der Waals surface area contributed by atoms with Crippen molar-refractivity contribution in [3.05, 3.63) is 46.5 Å². The predicted octanol–water partition coefficient (Wildman–Crippen LogP) is 2.39. The zero-order valence-electron chi connectivity index (χ0n) is 14.1.